The molecule has 0 aliphatic rings. The molecule has 0 saturated carbocycles. The minimum Gasteiger partial charge on any atom is -0.756 e. The number of hydrogen-bond donors (Lipinski definition) is 0. The highest BCUT2D eigenvalue weighted by Gasteiger charge is 2.22. The van der Waals surface area contributed by atoms with E-state index in [1.807, 2.05) is 21.1 Å². The van der Waals surface area contributed by atoms with Crippen LogP contribution in [0.1, 0.15) is 328 Å². The van der Waals surface area contributed by atoms with E-state index in [1.54, 1.807) is 0 Å². The van der Waals surface area contributed by atoms with E-state index in [0.29, 0.717) is 17.4 Å². The number of phosphoric acid groups is 1. The van der Waals surface area contributed by atoms with Gasteiger partial charge in [-0.25, -0.2) is 0 Å². The Kier molecular flexibility index (Phi) is 60.5. The van der Waals surface area contributed by atoms with E-state index in [4.69, 9.17) is 18.5 Å². The van der Waals surface area contributed by atoms with Crippen molar-refractivity contribution in [3.63, 3.8) is 0 Å². The van der Waals surface area contributed by atoms with Crippen LogP contribution < -0.4 is 4.89 Å². The Morgan fingerprint density at radius 3 is 1.05 bits per heavy atom. The molecule has 10 heteroatoms. The molecule has 0 saturated heterocycles. The van der Waals surface area contributed by atoms with E-state index in [-0.39, 0.29) is 32.0 Å². The Morgan fingerprint density at radius 1 is 0.395 bits per heavy atom. The second-order valence-corrected chi connectivity index (χ2v) is 25.9. The van der Waals surface area contributed by atoms with Crippen molar-refractivity contribution in [2.75, 3.05) is 47.5 Å². The third-order valence-corrected chi connectivity index (χ3v) is 16.3. The maximum Gasteiger partial charge on any atom is 0.306 e. The molecule has 0 radical (unpaired) electrons. The molecule has 0 aliphatic carbocycles. The molecule has 0 spiro atoms. The highest BCUT2D eigenvalue weighted by Crippen LogP contribution is 2.38. The summed E-state index contributed by atoms with van der Waals surface area (Å²) in [5.74, 6) is -0.819. The van der Waals surface area contributed by atoms with E-state index < -0.39 is 26.5 Å². The monoisotopic (exact) mass is 1160 g/mol. The van der Waals surface area contributed by atoms with E-state index in [2.05, 4.69) is 74.6 Å². The lowest BCUT2D eigenvalue weighted by Gasteiger charge is -2.28. The zero-order chi connectivity index (χ0) is 59.1. The van der Waals surface area contributed by atoms with Gasteiger partial charge < -0.3 is 27.9 Å². The highest BCUT2D eigenvalue weighted by atomic mass is 31.2. The van der Waals surface area contributed by atoms with Gasteiger partial charge in [0.05, 0.1) is 27.7 Å². The maximum atomic E-state index is 12.9. The van der Waals surface area contributed by atoms with Crippen LogP contribution in [0.4, 0.5) is 0 Å². The summed E-state index contributed by atoms with van der Waals surface area (Å²) < 4.78 is 34.3. The molecule has 0 aliphatic heterocycles. The number of likely N-dealkylation sites (N-methyl/N-ethyl adjacent to an activating group) is 1. The van der Waals surface area contributed by atoms with Crippen LogP contribution in [0.15, 0.2) is 60.8 Å². The molecule has 0 aromatic heterocycles. The Morgan fingerprint density at radius 2 is 0.704 bits per heavy atom. The molecular formula is C71H132NO8P. The average Bonchev–Trinajstić information content (AvgIpc) is 3.43. The summed E-state index contributed by atoms with van der Waals surface area (Å²) in [6.07, 6.45) is 81.6. The summed E-state index contributed by atoms with van der Waals surface area (Å²) in [6.45, 7) is 4.18. The van der Waals surface area contributed by atoms with Crippen LogP contribution in [-0.4, -0.2) is 70.0 Å². The fourth-order valence-corrected chi connectivity index (χ4v) is 10.8. The molecule has 81 heavy (non-hydrogen) atoms. The first-order valence-corrected chi connectivity index (χ1v) is 36.0. The first kappa shape index (κ1) is 78.7. The lowest BCUT2D eigenvalue weighted by molar-refractivity contribution is -0.870. The van der Waals surface area contributed by atoms with E-state index in [1.165, 1.54) is 225 Å². The van der Waals surface area contributed by atoms with Gasteiger partial charge in [-0.3, -0.25) is 14.2 Å². The molecule has 0 fully saturated rings. The summed E-state index contributed by atoms with van der Waals surface area (Å²) in [7, 11) is 1.18. The Balaban J connectivity index is 4.03. The molecule has 9 nitrogen and oxygen atoms in total. The SMILES string of the molecule is CC/C=C\C/C=C\C/C=C\C/C=C\C/C=C\CCCCCCCCCCCCCCCC(=O)OC(COC(=O)CCCCCCCCCCCCCCCCCCCCCCCCCCCCCC)COP(=O)([O-])OCC[N+](C)(C)C. The van der Waals surface area contributed by atoms with Gasteiger partial charge in [-0.2, -0.15) is 0 Å². The highest BCUT2D eigenvalue weighted by molar-refractivity contribution is 7.45. The van der Waals surface area contributed by atoms with Gasteiger partial charge in [-0.05, 0) is 57.8 Å². The molecule has 0 amide bonds. The van der Waals surface area contributed by atoms with Crippen LogP contribution >= 0.6 is 7.82 Å². The van der Waals surface area contributed by atoms with Gasteiger partial charge in [-0.15, -0.1) is 0 Å². The van der Waals surface area contributed by atoms with Crippen molar-refractivity contribution in [1.82, 2.24) is 0 Å². The van der Waals surface area contributed by atoms with Gasteiger partial charge in [0.1, 0.15) is 19.8 Å². The number of carbonyl (C=O) groups is 2. The second-order valence-electron chi connectivity index (χ2n) is 24.5. The van der Waals surface area contributed by atoms with Crippen molar-refractivity contribution < 1.29 is 42.1 Å². The third kappa shape index (κ3) is 66.7. The number of allylic oxidation sites excluding steroid dienone is 10. The number of quaternary nitrogens is 1. The van der Waals surface area contributed by atoms with Crippen LogP contribution in [0, 0.1) is 0 Å². The van der Waals surface area contributed by atoms with Gasteiger partial charge in [0, 0.05) is 12.8 Å². The fourth-order valence-electron chi connectivity index (χ4n) is 10.0. The van der Waals surface area contributed by atoms with Crippen LogP contribution in [-0.2, 0) is 32.7 Å². The number of ether oxygens (including phenoxy) is 2. The zero-order valence-corrected chi connectivity index (χ0v) is 54.9. The van der Waals surface area contributed by atoms with Gasteiger partial charge >= 0.3 is 11.9 Å². The number of hydrogen-bond acceptors (Lipinski definition) is 8. The van der Waals surface area contributed by atoms with E-state index in [9.17, 15) is 19.0 Å². The van der Waals surface area contributed by atoms with E-state index >= 15 is 0 Å². The number of unbranched alkanes of at least 4 members (excludes halogenated alkanes) is 40. The van der Waals surface area contributed by atoms with Crippen molar-refractivity contribution in [3.8, 4) is 0 Å². The number of carbonyl (C=O) groups excluding carboxylic acids is 2. The van der Waals surface area contributed by atoms with E-state index in [0.717, 1.165) is 70.6 Å². The van der Waals surface area contributed by atoms with Crippen LogP contribution in [0.25, 0.3) is 0 Å². The minimum atomic E-state index is -4.64. The van der Waals surface area contributed by atoms with Gasteiger partial charge in [0.25, 0.3) is 7.82 Å². The topological polar surface area (TPSA) is 111 Å². The maximum absolute atomic E-state index is 12.9. The lowest BCUT2D eigenvalue weighted by atomic mass is 10.0. The molecule has 0 rings (SSSR count). The predicted molar refractivity (Wildman–Crippen MR) is 347 cm³/mol. The standard InChI is InChI=1S/C71H132NO8P/c1-6-8-10-12-14-16-18-20-22-24-26-28-30-32-34-36-38-40-42-44-46-48-50-52-54-56-58-60-62-64-71(74)80-69(68-79-81(75,76)78-66-65-72(3,4)5)67-77-70(73)63-61-59-57-55-53-51-49-47-45-43-41-39-37-35-33-31-29-27-25-23-21-19-17-15-13-11-9-7-2/h8,10,14,16,20,22,26,28,32,34,69H,6-7,9,11-13,15,17-19,21,23-25,27,29-31,33,35-68H2,1-5H3/b10-8-,16-14-,22-20-,28-26-,34-32-. The van der Waals surface area contributed by atoms with Crippen LogP contribution in [0.3, 0.4) is 0 Å². The number of phosphoric ester groups is 1. The smallest absolute Gasteiger partial charge is 0.306 e. The Bertz CT molecular complexity index is 1550. The zero-order valence-electron chi connectivity index (χ0n) is 54.0. The summed E-state index contributed by atoms with van der Waals surface area (Å²) >= 11 is 0. The summed E-state index contributed by atoms with van der Waals surface area (Å²) in [6, 6.07) is 0. The van der Waals surface area contributed by atoms with Crippen LogP contribution in [0.2, 0.25) is 0 Å². The van der Waals surface area contributed by atoms with Crippen molar-refractivity contribution in [1.29, 1.82) is 0 Å². The van der Waals surface area contributed by atoms with Gasteiger partial charge in [0.2, 0.25) is 0 Å². The normalized spacial score (nSPS) is 13.5. The predicted octanol–water partition coefficient (Wildman–Crippen LogP) is 21.6. The minimum absolute atomic E-state index is 0.0305. The fraction of sp³-hybridized carbons (Fsp3) is 0.831. The number of nitrogens with zero attached hydrogens (tertiary/aromatic N) is 1. The first-order valence-electron chi connectivity index (χ1n) is 34.5. The van der Waals surface area contributed by atoms with Gasteiger partial charge in [0.15, 0.2) is 6.10 Å². The van der Waals surface area contributed by atoms with Crippen molar-refractivity contribution in [2.45, 2.75) is 335 Å². The first-order chi connectivity index (χ1) is 39.5. The average molecular weight is 1160 g/mol. The molecule has 0 bridgehead atoms. The summed E-state index contributed by atoms with van der Waals surface area (Å²) in [4.78, 5) is 38.1. The molecule has 474 valence electrons. The molecule has 0 N–H and O–H groups in total. The second kappa shape index (κ2) is 62.2. The van der Waals surface area contributed by atoms with Crippen LogP contribution in [0.5, 0.6) is 0 Å². The van der Waals surface area contributed by atoms with Crippen molar-refractivity contribution in [3.05, 3.63) is 60.8 Å². The lowest BCUT2D eigenvalue weighted by Crippen LogP contribution is -2.37. The van der Waals surface area contributed by atoms with Crippen molar-refractivity contribution >= 4 is 19.8 Å². The molecule has 0 aromatic carbocycles. The molecular weight excluding hydrogens is 1030 g/mol. The largest absolute Gasteiger partial charge is 0.756 e. The third-order valence-electron chi connectivity index (χ3n) is 15.3. The number of esters is 2. The summed E-state index contributed by atoms with van der Waals surface area (Å²) in [5.41, 5.74) is 0. The number of rotatable bonds is 64. The molecule has 2 atom stereocenters. The summed E-state index contributed by atoms with van der Waals surface area (Å²) in [5, 5.41) is 0. The van der Waals surface area contributed by atoms with Gasteiger partial charge in [-0.1, -0.05) is 319 Å². The Labute approximate surface area is 502 Å². The molecule has 2 unspecified atom stereocenters. The quantitative estimate of drug-likeness (QED) is 0.0195. The molecule has 0 heterocycles. The Hall–Kier alpha value is -2.29. The van der Waals surface area contributed by atoms with Crippen molar-refractivity contribution in [2.24, 2.45) is 0 Å². The molecule has 0 aromatic rings.